The van der Waals surface area contributed by atoms with Crippen molar-refractivity contribution in [2.24, 2.45) is 11.0 Å². The first-order valence-corrected chi connectivity index (χ1v) is 4.92. The first-order chi connectivity index (χ1) is 7.20. The van der Waals surface area contributed by atoms with Crippen molar-refractivity contribution in [2.75, 3.05) is 0 Å². The molecule has 0 saturated heterocycles. The Morgan fingerprint density at radius 1 is 1.67 bits per heavy atom. The van der Waals surface area contributed by atoms with Gasteiger partial charge in [-0.2, -0.15) is 5.10 Å². The Kier molecular flexibility index (Phi) is 4.47. The van der Waals surface area contributed by atoms with E-state index in [0.29, 0.717) is 11.5 Å². The zero-order valence-electron chi connectivity index (χ0n) is 8.97. The number of hydrogen-bond donors (Lipinski definition) is 1. The molecule has 0 aliphatic heterocycles. The van der Waals surface area contributed by atoms with Crippen LogP contribution < -0.4 is 5.43 Å². The normalized spacial score (nSPS) is 10.9. The molecule has 0 fully saturated rings. The summed E-state index contributed by atoms with van der Waals surface area (Å²) in [5, 5.41) is 3.84. The van der Waals surface area contributed by atoms with E-state index in [1.54, 1.807) is 24.5 Å². The molecule has 0 aliphatic rings. The number of pyridine rings is 1. The van der Waals surface area contributed by atoms with Crippen molar-refractivity contribution in [1.29, 1.82) is 0 Å². The average Bonchev–Trinajstić information content (AvgIpc) is 2.25. The Bertz CT molecular complexity index is 333. The maximum atomic E-state index is 11.4. The molecule has 4 nitrogen and oxygen atoms in total. The van der Waals surface area contributed by atoms with Crippen molar-refractivity contribution in [1.82, 2.24) is 10.4 Å². The molecule has 1 aromatic rings. The van der Waals surface area contributed by atoms with Crippen LogP contribution in [0.15, 0.2) is 29.6 Å². The number of carbonyl (C=O) groups is 1. The number of aromatic nitrogens is 1. The van der Waals surface area contributed by atoms with Crippen LogP contribution in [0.25, 0.3) is 0 Å². The summed E-state index contributed by atoms with van der Waals surface area (Å²) >= 11 is 0. The number of carbonyl (C=O) groups excluding carboxylic acids is 1. The van der Waals surface area contributed by atoms with E-state index < -0.39 is 0 Å². The van der Waals surface area contributed by atoms with Crippen LogP contribution in [0, 0.1) is 5.92 Å². The number of hydrogen-bond acceptors (Lipinski definition) is 3. The Morgan fingerprint density at radius 2 is 2.47 bits per heavy atom. The van der Waals surface area contributed by atoms with E-state index in [9.17, 15) is 4.79 Å². The van der Waals surface area contributed by atoms with Crippen LogP contribution in [0.1, 0.15) is 30.6 Å². The van der Waals surface area contributed by atoms with E-state index in [2.05, 4.69) is 29.4 Å². The lowest BCUT2D eigenvalue weighted by Crippen LogP contribution is -2.17. The number of amides is 1. The van der Waals surface area contributed by atoms with E-state index in [1.165, 1.54) is 6.20 Å². The van der Waals surface area contributed by atoms with Crippen molar-refractivity contribution in [2.45, 2.75) is 20.3 Å². The van der Waals surface area contributed by atoms with Gasteiger partial charge in [0.05, 0.1) is 5.56 Å². The van der Waals surface area contributed by atoms with Crippen LogP contribution >= 0.6 is 0 Å². The van der Waals surface area contributed by atoms with E-state index >= 15 is 0 Å². The molecule has 0 spiro atoms. The molecular weight excluding hydrogens is 190 g/mol. The summed E-state index contributed by atoms with van der Waals surface area (Å²) in [7, 11) is 0. The molecule has 1 heterocycles. The van der Waals surface area contributed by atoms with Gasteiger partial charge in [-0.25, -0.2) is 5.43 Å². The van der Waals surface area contributed by atoms with Crippen molar-refractivity contribution >= 4 is 12.1 Å². The third-order valence-electron chi connectivity index (χ3n) is 1.76. The van der Waals surface area contributed by atoms with Crippen LogP contribution in [0.3, 0.4) is 0 Å². The Balaban J connectivity index is 2.40. The van der Waals surface area contributed by atoms with Gasteiger partial charge in [-0.3, -0.25) is 9.78 Å². The maximum absolute atomic E-state index is 11.4. The van der Waals surface area contributed by atoms with Gasteiger partial charge in [-0.1, -0.05) is 13.8 Å². The van der Waals surface area contributed by atoms with Crippen LogP contribution in [0.4, 0.5) is 0 Å². The molecule has 4 heteroatoms. The third kappa shape index (κ3) is 4.35. The molecule has 80 valence electrons. The van der Waals surface area contributed by atoms with Gasteiger partial charge in [-0.15, -0.1) is 0 Å². The molecular formula is C11H15N3O. The predicted molar refractivity (Wildman–Crippen MR) is 59.7 cm³/mol. The second-order valence-corrected chi connectivity index (χ2v) is 3.62. The molecule has 0 saturated carbocycles. The predicted octanol–water partition coefficient (Wildman–Crippen LogP) is 1.84. The first kappa shape index (κ1) is 11.4. The highest BCUT2D eigenvalue weighted by Gasteiger charge is 2.01. The largest absolute Gasteiger partial charge is 0.272 e. The molecule has 0 atom stereocenters. The molecule has 1 aromatic heterocycles. The second kappa shape index (κ2) is 5.90. The molecule has 1 amide bonds. The highest BCUT2D eigenvalue weighted by atomic mass is 16.2. The standard InChI is InChI=1S/C11H15N3O/c1-9(2)5-7-13-14-11(15)10-4-3-6-12-8-10/h3-4,6-9H,5H2,1-2H3,(H,14,15)/b13-7-. The van der Waals surface area contributed by atoms with Crippen molar-refractivity contribution in [3.05, 3.63) is 30.1 Å². The number of nitrogens with zero attached hydrogens (tertiary/aromatic N) is 2. The molecule has 0 radical (unpaired) electrons. The van der Waals surface area contributed by atoms with E-state index in [-0.39, 0.29) is 5.91 Å². The minimum atomic E-state index is -0.233. The molecule has 0 bridgehead atoms. The quantitative estimate of drug-likeness (QED) is 0.602. The van der Waals surface area contributed by atoms with Crippen molar-refractivity contribution < 1.29 is 4.79 Å². The molecule has 1 N–H and O–H groups in total. The van der Waals surface area contributed by atoms with Crippen LogP contribution in [0.2, 0.25) is 0 Å². The van der Waals surface area contributed by atoms with E-state index in [0.717, 1.165) is 6.42 Å². The Hall–Kier alpha value is -1.71. The molecule has 1 rings (SSSR count). The summed E-state index contributed by atoms with van der Waals surface area (Å²) in [5.74, 6) is 0.312. The monoisotopic (exact) mass is 205 g/mol. The summed E-state index contributed by atoms with van der Waals surface area (Å²) < 4.78 is 0. The van der Waals surface area contributed by atoms with Gasteiger partial charge in [0.1, 0.15) is 0 Å². The van der Waals surface area contributed by atoms with Crippen molar-refractivity contribution in [3.63, 3.8) is 0 Å². The third-order valence-corrected chi connectivity index (χ3v) is 1.76. The minimum Gasteiger partial charge on any atom is -0.267 e. The average molecular weight is 205 g/mol. The Labute approximate surface area is 89.4 Å². The van der Waals surface area contributed by atoms with Crippen molar-refractivity contribution in [3.8, 4) is 0 Å². The maximum Gasteiger partial charge on any atom is 0.272 e. The number of nitrogens with one attached hydrogen (secondary N) is 1. The van der Waals surface area contributed by atoms with Gasteiger partial charge < -0.3 is 0 Å². The molecule has 0 aliphatic carbocycles. The zero-order valence-corrected chi connectivity index (χ0v) is 8.97. The summed E-state index contributed by atoms with van der Waals surface area (Å²) in [4.78, 5) is 15.3. The fraction of sp³-hybridized carbons (Fsp3) is 0.364. The van der Waals surface area contributed by atoms with E-state index in [4.69, 9.17) is 0 Å². The Morgan fingerprint density at radius 3 is 3.07 bits per heavy atom. The van der Waals surface area contributed by atoms with E-state index in [1.807, 2.05) is 0 Å². The van der Waals surface area contributed by atoms with Crippen LogP contribution in [0.5, 0.6) is 0 Å². The highest BCUT2D eigenvalue weighted by Crippen LogP contribution is 1.96. The smallest absolute Gasteiger partial charge is 0.267 e. The minimum absolute atomic E-state index is 0.233. The number of hydrazone groups is 1. The number of rotatable bonds is 4. The van der Waals surface area contributed by atoms with Gasteiger partial charge in [0.2, 0.25) is 0 Å². The van der Waals surface area contributed by atoms with Crippen LogP contribution in [-0.2, 0) is 0 Å². The second-order valence-electron chi connectivity index (χ2n) is 3.62. The fourth-order valence-corrected chi connectivity index (χ4v) is 0.929. The highest BCUT2D eigenvalue weighted by molar-refractivity contribution is 5.93. The topological polar surface area (TPSA) is 54.4 Å². The van der Waals surface area contributed by atoms with Gasteiger partial charge in [-0.05, 0) is 24.5 Å². The van der Waals surface area contributed by atoms with Crippen LogP contribution in [-0.4, -0.2) is 17.1 Å². The first-order valence-electron chi connectivity index (χ1n) is 4.92. The summed E-state index contributed by atoms with van der Waals surface area (Å²) in [6.45, 7) is 4.18. The summed E-state index contributed by atoms with van der Waals surface area (Å²) in [5.41, 5.74) is 2.96. The lowest BCUT2D eigenvalue weighted by atomic mass is 10.2. The lowest BCUT2D eigenvalue weighted by molar-refractivity contribution is 0.0954. The summed E-state index contributed by atoms with van der Waals surface area (Å²) in [6, 6.07) is 3.41. The molecule has 15 heavy (non-hydrogen) atoms. The van der Waals surface area contributed by atoms with Gasteiger partial charge >= 0.3 is 0 Å². The van der Waals surface area contributed by atoms with Gasteiger partial charge in [0.15, 0.2) is 0 Å². The fourth-order valence-electron chi connectivity index (χ4n) is 0.929. The zero-order chi connectivity index (χ0) is 11.1. The SMILES string of the molecule is CC(C)C/C=N\NC(=O)c1cccnc1. The van der Waals surface area contributed by atoms with Gasteiger partial charge in [0.25, 0.3) is 5.91 Å². The summed E-state index contributed by atoms with van der Waals surface area (Å²) in [6.07, 6.45) is 5.69. The lowest BCUT2D eigenvalue weighted by Gasteiger charge is -1.99. The van der Waals surface area contributed by atoms with Gasteiger partial charge in [0, 0.05) is 18.6 Å². The molecule has 0 aromatic carbocycles. The molecule has 0 unspecified atom stereocenters.